The van der Waals surface area contributed by atoms with Crippen LogP contribution in [0.2, 0.25) is 5.02 Å². The third kappa shape index (κ3) is 5.50. The molecule has 0 fully saturated rings. The molecule has 1 aliphatic heterocycles. The number of amidine groups is 1. The Hall–Kier alpha value is -3.42. The fraction of sp³-hybridized carbons (Fsp3) is 0.273. The Morgan fingerprint density at radius 3 is 2.70 bits per heavy atom. The van der Waals surface area contributed by atoms with Gasteiger partial charge in [-0.1, -0.05) is 23.7 Å². The summed E-state index contributed by atoms with van der Waals surface area (Å²) in [5.74, 6) is -1.28. The summed E-state index contributed by atoms with van der Waals surface area (Å²) in [4.78, 5) is 30.7. The maximum Gasteiger partial charge on any atom is 0.331 e. The molecular weight excluding hydrogens is 468 g/mol. The topological polar surface area (TPSA) is 129 Å². The number of nitriles is 1. The molecule has 2 aromatic carbocycles. The number of carbonyl (C=O) groups is 2. The molecule has 9 nitrogen and oxygen atoms in total. The highest BCUT2D eigenvalue weighted by atomic mass is 35.5. The van der Waals surface area contributed by atoms with Crippen molar-refractivity contribution in [1.29, 1.82) is 5.26 Å². The first-order valence-electron chi connectivity index (χ1n) is 9.94. The van der Waals surface area contributed by atoms with Crippen molar-refractivity contribution in [2.24, 2.45) is 4.99 Å². The average molecular weight is 489 g/mol. The van der Waals surface area contributed by atoms with Crippen molar-refractivity contribution >= 4 is 45.0 Å². The molecule has 3 rings (SSSR count). The van der Waals surface area contributed by atoms with Crippen molar-refractivity contribution in [2.45, 2.75) is 31.2 Å². The molecule has 2 aromatic rings. The number of hydrogen-bond donors (Lipinski definition) is 1. The zero-order chi connectivity index (χ0) is 24.2. The minimum atomic E-state index is -3.74. The molecular formula is C22H21ClN4O5S. The molecule has 172 valence electrons. The zero-order valence-corrected chi connectivity index (χ0v) is 19.5. The maximum absolute atomic E-state index is 12.7. The second-order valence-electron chi connectivity index (χ2n) is 7.25. The van der Waals surface area contributed by atoms with Gasteiger partial charge < -0.3 is 9.64 Å². The third-order valence-electron chi connectivity index (χ3n) is 4.87. The summed E-state index contributed by atoms with van der Waals surface area (Å²) in [6, 6.07) is 12.2. The van der Waals surface area contributed by atoms with E-state index < -0.39 is 34.5 Å². The van der Waals surface area contributed by atoms with Crippen molar-refractivity contribution in [1.82, 2.24) is 4.72 Å². The van der Waals surface area contributed by atoms with Crippen LogP contribution in [-0.2, 0) is 24.3 Å². The number of anilines is 1. The van der Waals surface area contributed by atoms with Crippen LogP contribution in [0.4, 0.5) is 5.69 Å². The van der Waals surface area contributed by atoms with Crippen LogP contribution < -0.4 is 9.62 Å². The van der Waals surface area contributed by atoms with Gasteiger partial charge in [-0.3, -0.25) is 14.5 Å². The summed E-state index contributed by atoms with van der Waals surface area (Å²) < 4.78 is 31.8. The fourth-order valence-corrected chi connectivity index (χ4v) is 4.52. The Morgan fingerprint density at radius 1 is 1.27 bits per heavy atom. The van der Waals surface area contributed by atoms with E-state index in [1.807, 2.05) is 6.07 Å². The standard InChI is InChI=1S/C22H21ClN4O5S/c1-14-12-16(8-9-18(14)23)27(11-5-10-24)20(28)13-32-22(29)15(2)25-21-17-6-3-4-7-19(17)33(30,31)26-21/h3-4,6-9,12,15H,5,11,13H2,1-2H3,(H,25,26)/t15-/m0/s1. The van der Waals surface area contributed by atoms with Crippen molar-refractivity contribution in [2.75, 3.05) is 18.1 Å². The number of hydrogen-bond acceptors (Lipinski definition) is 7. The van der Waals surface area contributed by atoms with Gasteiger partial charge in [-0.2, -0.15) is 5.26 Å². The number of esters is 1. The molecule has 0 spiro atoms. The Labute approximate surface area is 196 Å². The molecule has 11 heteroatoms. The zero-order valence-electron chi connectivity index (χ0n) is 17.9. The molecule has 0 aliphatic carbocycles. The van der Waals surface area contributed by atoms with E-state index in [1.54, 1.807) is 43.3 Å². The van der Waals surface area contributed by atoms with Crippen LogP contribution >= 0.6 is 11.6 Å². The summed E-state index contributed by atoms with van der Waals surface area (Å²) in [7, 11) is -3.74. The van der Waals surface area contributed by atoms with Crippen LogP contribution in [-0.4, -0.2) is 45.3 Å². The van der Waals surface area contributed by atoms with Gasteiger partial charge in [-0.05, 0) is 49.7 Å². The molecule has 33 heavy (non-hydrogen) atoms. The van der Waals surface area contributed by atoms with Crippen LogP contribution in [0, 0.1) is 18.3 Å². The molecule has 0 bridgehead atoms. The van der Waals surface area contributed by atoms with Crippen molar-refractivity contribution in [3.63, 3.8) is 0 Å². The number of halogens is 1. The monoisotopic (exact) mass is 488 g/mol. The van der Waals surface area contributed by atoms with E-state index in [1.165, 1.54) is 17.9 Å². The highest BCUT2D eigenvalue weighted by molar-refractivity contribution is 7.90. The number of aliphatic imine (C=N–C) groups is 1. The van der Waals surface area contributed by atoms with E-state index in [4.69, 9.17) is 21.6 Å². The first-order chi connectivity index (χ1) is 15.6. The highest BCUT2D eigenvalue weighted by Gasteiger charge is 2.31. The third-order valence-corrected chi connectivity index (χ3v) is 6.69. The number of fused-ring (bicyclic) bond motifs is 1. The van der Waals surface area contributed by atoms with E-state index in [2.05, 4.69) is 9.71 Å². The van der Waals surface area contributed by atoms with E-state index in [0.717, 1.165) is 5.56 Å². The number of nitrogens with one attached hydrogen (secondary N) is 1. The predicted molar refractivity (Wildman–Crippen MR) is 122 cm³/mol. The molecule has 0 aromatic heterocycles. The number of carbonyl (C=O) groups excluding carboxylic acids is 2. The van der Waals surface area contributed by atoms with E-state index >= 15 is 0 Å². The number of aryl methyl sites for hydroxylation is 1. The Bertz CT molecular complexity index is 1270. The van der Waals surface area contributed by atoms with Gasteiger partial charge in [0.2, 0.25) is 0 Å². The summed E-state index contributed by atoms with van der Waals surface area (Å²) in [6.07, 6.45) is 0.0883. The maximum atomic E-state index is 12.7. The van der Waals surface area contributed by atoms with Gasteiger partial charge in [0.25, 0.3) is 15.9 Å². The lowest BCUT2D eigenvalue weighted by molar-refractivity contribution is -0.148. The Kier molecular flexibility index (Phi) is 7.36. The summed E-state index contributed by atoms with van der Waals surface area (Å²) in [5, 5.41) is 9.45. The van der Waals surface area contributed by atoms with Gasteiger partial charge in [0.15, 0.2) is 6.61 Å². The molecule has 0 saturated carbocycles. The second kappa shape index (κ2) is 10.0. The van der Waals surface area contributed by atoms with Gasteiger partial charge in [0.1, 0.15) is 11.9 Å². The second-order valence-corrected chi connectivity index (χ2v) is 9.31. The largest absolute Gasteiger partial charge is 0.454 e. The van der Waals surface area contributed by atoms with Gasteiger partial charge in [0.05, 0.1) is 17.4 Å². The molecule has 0 radical (unpaired) electrons. The molecule has 0 saturated heterocycles. The molecule has 1 amide bonds. The Morgan fingerprint density at radius 2 is 2.00 bits per heavy atom. The van der Waals surface area contributed by atoms with Crippen LogP contribution in [0.15, 0.2) is 52.4 Å². The smallest absolute Gasteiger partial charge is 0.331 e. The molecule has 1 aliphatic rings. The number of ether oxygens (including phenoxy) is 1. The van der Waals surface area contributed by atoms with Crippen LogP contribution in [0.5, 0.6) is 0 Å². The van der Waals surface area contributed by atoms with Crippen LogP contribution in [0.25, 0.3) is 0 Å². The van der Waals surface area contributed by atoms with Gasteiger partial charge in [-0.25, -0.2) is 13.2 Å². The van der Waals surface area contributed by atoms with Gasteiger partial charge in [-0.15, -0.1) is 0 Å². The SMILES string of the molecule is Cc1cc(N(CCC#N)C(=O)COC(=O)[C@H](C)N=C2NS(=O)(=O)c3ccccc32)ccc1Cl. The number of nitrogens with zero attached hydrogens (tertiary/aromatic N) is 3. The van der Waals surface area contributed by atoms with Crippen molar-refractivity contribution in [3.8, 4) is 6.07 Å². The molecule has 1 heterocycles. The first kappa shape index (κ1) is 24.2. The number of amides is 1. The lowest BCUT2D eigenvalue weighted by Crippen LogP contribution is -2.36. The van der Waals surface area contributed by atoms with Crippen LogP contribution in [0.3, 0.4) is 0 Å². The quantitative estimate of drug-likeness (QED) is 0.596. The lowest BCUT2D eigenvalue weighted by atomic mass is 10.2. The summed E-state index contributed by atoms with van der Waals surface area (Å²) in [5.41, 5.74) is 1.64. The van der Waals surface area contributed by atoms with Crippen molar-refractivity contribution in [3.05, 3.63) is 58.6 Å². The minimum absolute atomic E-state index is 0.0358. The highest BCUT2D eigenvalue weighted by Crippen LogP contribution is 2.24. The normalized spacial score (nSPS) is 15.8. The Balaban J connectivity index is 1.69. The number of sulfonamides is 1. The summed E-state index contributed by atoms with van der Waals surface area (Å²) in [6.45, 7) is 2.77. The van der Waals surface area contributed by atoms with E-state index in [-0.39, 0.29) is 23.7 Å². The minimum Gasteiger partial charge on any atom is -0.454 e. The number of benzene rings is 2. The molecule has 0 unspecified atom stereocenters. The first-order valence-corrected chi connectivity index (χ1v) is 11.8. The van der Waals surface area contributed by atoms with Gasteiger partial charge in [0, 0.05) is 22.8 Å². The molecule has 1 atom stereocenters. The van der Waals surface area contributed by atoms with E-state index in [9.17, 15) is 18.0 Å². The van der Waals surface area contributed by atoms with E-state index in [0.29, 0.717) is 16.3 Å². The summed E-state index contributed by atoms with van der Waals surface area (Å²) >= 11 is 6.05. The number of rotatable bonds is 7. The van der Waals surface area contributed by atoms with Crippen LogP contribution in [0.1, 0.15) is 24.5 Å². The molecule has 1 N–H and O–H groups in total. The van der Waals surface area contributed by atoms with Crippen molar-refractivity contribution < 1.29 is 22.7 Å². The van der Waals surface area contributed by atoms with Gasteiger partial charge >= 0.3 is 5.97 Å². The fourth-order valence-electron chi connectivity index (χ4n) is 3.16. The lowest BCUT2D eigenvalue weighted by Gasteiger charge is -2.22. The average Bonchev–Trinajstić information content (AvgIpc) is 3.04. The predicted octanol–water partition coefficient (Wildman–Crippen LogP) is 2.57.